The molecule has 114 valence electrons. The Balaban J connectivity index is 1.88. The van der Waals surface area contributed by atoms with Gasteiger partial charge in [-0.3, -0.25) is 14.4 Å². The summed E-state index contributed by atoms with van der Waals surface area (Å²) in [6, 6.07) is 2.88. The number of nitrogens with one attached hydrogen (secondary N) is 1. The van der Waals surface area contributed by atoms with Gasteiger partial charge in [0.2, 0.25) is 5.91 Å². The Morgan fingerprint density at radius 3 is 2.86 bits per heavy atom. The summed E-state index contributed by atoms with van der Waals surface area (Å²) in [5.41, 5.74) is 0. The van der Waals surface area contributed by atoms with E-state index in [1.54, 1.807) is 24.0 Å². The van der Waals surface area contributed by atoms with E-state index >= 15 is 0 Å². The van der Waals surface area contributed by atoms with Crippen LogP contribution in [0.2, 0.25) is 0 Å². The third-order valence-electron chi connectivity index (χ3n) is 3.50. The van der Waals surface area contributed by atoms with Gasteiger partial charge in [0.15, 0.2) is 0 Å². The maximum atomic E-state index is 12.3. The number of esters is 1. The molecule has 1 fully saturated rings. The first-order chi connectivity index (χ1) is 10.0. The predicted octanol–water partition coefficient (Wildman–Crippen LogP) is 0.888. The van der Waals surface area contributed by atoms with Crippen molar-refractivity contribution in [1.82, 2.24) is 10.2 Å². The molecule has 7 heteroatoms. The molecule has 1 aliphatic rings. The number of hydrogen-bond acceptors (Lipinski definition) is 5. The molecule has 2 unspecified atom stereocenters. The van der Waals surface area contributed by atoms with Crippen molar-refractivity contribution in [1.29, 1.82) is 0 Å². The molecule has 0 saturated carbocycles. The number of amides is 2. The number of nitrogens with zero attached hydrogens (tertiary/aromatic N) is 1. The van der Waals surface area contributed by atoms with E-state index in [-0.39, 0.29) is 23.7 Å². The van der Waals surface area contributed by atoms with E-state index in [1.165, 1.54) is 18.4 Å². The normalized spacial score (nSPS) is 19.1. The molecule has 2 rings (SSSR count). The van der Waals surface area contributed by atoms with Crippen LogP contribution in [0.1, 0.15) is 23.0 Å². The second kappa shape index (κ2) is 6.71. The molecule has 0 bridgehead atoms. The second-order valence-corrected chi connectivity index (χ2v) is 5.91. The lowest BCUT2D eigenvalue weighted by Crippen LogP contribution is -2.46. The third-order valence-corrected chi connectivity index (χ3v) is 4.37. The second-order valence-electron chi connectivity index (χ2n) is 4.97. The first-order valence-corrected chi connectivity index (χ1v) is 7.62. The summed E-state index contributed by atoms with van der Waals surface area (Å²) >= 11 is 1.33. The van der Waals surface area contributed by atoms with E-state index in [2.05, 4.69) is 5.32 Å². The maximum absolute atomic E-state index is 12.3. The quantitative estimate of drug-likeness (QED) is 0.838. The molecular weight excluding hydrogens is 292 g/mol. The standard InChI is InChI=1S/C14H18N2O4S/c1-9(15-12(17)11-4-3-7-21-11)13(18)16-6-5-10(8-16)14(19)20-2/h3-4,7,9-10H,5-6,8H2,1-2H3,(H,15,17). The predicted molar refractivity (Wildman–Crippen MR) is 78.0 cm³/mol. The molecule has 1 aromatic heterocycles. The number of thiophene rings is 1. The Kier molecular flexibility index (Phi) is 4.95. The number of carbonyl (C=O) groups is 3. The van der Waals surface area contributed by atoms with Crippen LogP contribution in [-0.2, 0) is 14.3 Å². The summed E-state index contributed by atoms with van der Waals surface area (Å²) in [6.07, 6.45) is 0.601. The van der Waals surface area contributed by atoms with Gasteiger partial charge in [0.05, 0.1) is 17.9 Å². The van der Waals surface area contributed by atoms with E-state index in [0.29, 0.717) is 24.4 Å². The fourth-order valence-corrected chi connectivity index (χ4v) is 2.96. The molecule has 1 aliphatic heterocycles. The van der Waals surface area contributed by atoms with Crippen molar-refractivity contribution in [3.05, 3.63) is 22.4 Å². The lowest BCUT2D eigenvalue weighted by molar-refractivity contribution is -0.145. The van der Waals surface area contributed by atoms with Gasteiger partial charge in [0.25, 0.3) is 5.91 Å². The van der Waals surface area contributed by atoms with Crippen LogP contribution in [0.15, 0.2) is 17.5 Å². The first kappa shape index (κ1) is 15.5. The Bertz CT molecular complexity index is 529. The van der Waals surface area contributed by atoms with Gasteiger partial charge in [-0.25, -0.2) is 0 Å². The van der Waals surface area contributed by atoms with Crippen molar-refractivity contribution >= 4 is 29.1 Å². The number of carbonyl (C=O) groups excluding carboxylic acids is 3. The third kappa shape index (κ3) is 3.60. The van der Waals surface area contributed by atoms with Crippen LogP contribution in [0.3, 0.4) is 0 Å². The Hall–Kier alpha value is -1.89. The fraction of sp³-hybridized carbons (Fsp3) is 0.500. The lowest BCUT2D eigenvalue weighted by Gasteiger charge is -2.21. The van der Waals surface area contributed by atoms with Gasteiger partial charge in [-0.1, -0.05) is 6.07 Å². The van der Waals surface area contributed by atoms with Crippen molar-refractivity contribution in [2.45, 2.75) is 19.4 Å². The van der Waals surface area contributed by atoms with Crippen LogP contribution in [0, 0.1) is 5.92 Å². The molecule has 2 heterocycles. The molecule has 21 heavy (non-hydrogen) atoms. The van der Waals surface area contributed by atoms with Crippen LogP contribution in [0.25, 0.3) is 0 Å². The molecule has 6 nitrogen and oxygen atoms in total. The number of ether oxygens (including phenoxy) is 1. The molecule has 1 aromatic rings. The van der Waals surface area contributed by atoms with Gasteiger partial charge in [0.1, 0.15) is 6.04 Å². The fourth-order valence-electron chi connectivity index (χ4n) is 2.33. The minimum Gasteiger partial charge on any atom is -0.469 e. The molecule has 0 aromatic carbocycles. The summed E-state index contributed by atoms with van der Waals surface area (Å²) in [6.45, 7) is 2.52. The van der Waals surface area contributed by atoms with Crippen LogP contribution in [0.4, 0.5) is 0 Å². The molecule has 1 N–H and O–H groups in total. The summed E-state index contributed by atoms with van der Waals surface area (Å²) < 4.78 is 4.69. The monoisotopic (exact) mass is 310 g/mol. The van der Waals surface area contributed by atoms with Crippen molar-refractivity contribution in [3.63, 3.8) is 0 Å². The summed E-state index contributed by atoms with van der Waals surface area (Å²) in [5, 5.41) is 4.49. The van der Waals surface area contributed by atoms with E-state index in [1.807, 2.05) is 5.38 Å². The van der Waals surface area contributed by atoms with Gasteiger partial charge >= 0.3 is 5.97 Å². The molecule has 2 atom stereocenters. The van der Waals surface area contributed by atoms with Gasteiger partial charge in [0, 0.05) is 13.1 Å². The zero-order chi connectivity index (χ0) is 15.4. The van der Waals surface area contributed by atoms with E-state index in [0.717, 1.165) is 0 Å². The highest BCUT2D eigenvalue weighted by molar-refractivity contribution is 7.12. The summed E-state index contributed by atoms with van der Waals surface area (Å²) in [4.78, 5) is 37.8. The molecule has 1 saturated heterocycles. The first-order valence-electron chi connectivity index (χ1n) is 6.74. The minimum absolute atomic E-state index is 0.175. The lowest BCUT2D eigenvalue weighted by atomic mass is 10.1. The Labute approximate surface area is 127 Å². The average molecular weight is 310 g/mol. The number of likely N-dealkylation sites (tertiary alicyclic amines) is 1. The van der Waals surface area contributed by atoms with E-state index in [4.69, 9.17) is 4.74 Å². The number of methoxy groups -OCH3 is 1. The molecule has 0 aliphatic carbocycles. The number of hydrogen-bond donors (Lipinski definition) is 1. The molecule has 0 spiro atoms. The zero-order valence-corrected chi connectivity index (χ0v) is 12.8. The van der Waals surface area contributed by atoms with Crippen LogP contribution in [-0.4, -0.2) is 48.9 Å². The van der Waals surface area contributed by atoms with Gasteiger partial charge in [-0.2, -0.15) is 0 Å². The minimum atomic E-state index is -0.615. The summed E-state index contributed by atoms with van der Waals surface area (Å²) in [5.74, 6) is -0.986. The highest BCUT2D eigenvalue weighted by Crippen LogP contribution is 2.18. The van der Waals surface area contributed by atoms with E-state index in [9.17, 15) is 14.4 Å². The van der Waals surface area contributed by atoms with Crippen molar-refractivity contribution in [2.75, 3.05) is 20.2 Å². The van der Waals surface area contributed by atoms with Gasteiger partial charge < -0.3 is 15.0 Å². The van der Waals surface area contributed by atoms with Crippen LogP contribution < -0.4 is 5.32 Å². The topological polar surface area (TPSA) is 75.7 Å². The maximum Gasteiger partial charge on any atom is 0.310 e. The van der Waals surface area contributed by atoms with Crippen molar-refractivity contribution in [2.24, 2.45) is 5.92 Å². The van der Waals surface area contributed by atoms with Crippen molar-refractivity contribution < 1.29 is 19.1 Å². The molecule has 2 amide bonds. The van der Waals surface area contributed by atoms with Crippen LogP contribution in [0.5, 0.6) is 0 Å². The summed E-state index contributed by atoms with van der Waals surface area (Å²) in [7, 11) is 1.34. The SMILES string of the molecule is COC(=O)C1CCN(C(=O)C(C)NC(=O)c2cccs2)C1. The van der Waals surface area contributed by atoms with Gasteiger partial charge in [-0.15, -0.1) is 11.3 Å². The highest BCUT2D eigenvalue weighted by atomic mass is 32.1. The highest BCUT2D eigenvalue weighted by Gasteiger charge is 2.33. The molecule has 0 radical (unpaired) electrons. The Morgan fingerprint density at radius 2 is 2.24 bits per heavy atom. The largest absolute Gasteiger partial charge is 0.469 e. The Morgan fingerprint density at radius 1 is 1.48 bits per heavy atom. The van der Waals surface area contributed by atoms with Gasteiger partial charge in [-0.05, 0) is 24.8 Å². The zero-order valence-electron chi connectivity index (χ0n) is 12.0. The van der Waals surface area contributed by atoms with Crippen molar-refractivity contribution in [3.8, 4) is 0 Å². The number of rotatable bonds is 4. The van der Waals surface area contributed by atoms with E-state index < -0.39 is 6.04 Å². The smallest absolute Gasteiger partial charge is 0.310 e. The molecular formula is C14H18N2O4S. The van der Waals surface area contributed by atoms with Crippen LogP contribution >= 0.6 is 11.3 Å². The average Bonchev–Trinajstić information content (AvgIpc) is 3.16.